The Morgan fingerprint density at radius 1 is 1.24 bits per heavy atom. The van der Waals surface area contributed by atoms with Crippen LogP contribution in [0.15, 0.2) is 24.3 Å². The lowest BCUT2D eigenvalue weighted by Gasteiger charge is -2.23. The Morgan fingerprint density at radius 3 is 2.35 bits per heavy atom. The van der Waals surface area contributed by atoms with Gasteiger partial charge in [0.25, 0.3) is 0 Å². The average Bonchev–Trinajstić information content (AvgIpc) is 2.38. The highest BCUT2D eigenvalue weighted by molar-refractivity contribution is 5.31. The lowest BCUT2D eigenvalue weighted by atomic mass is 10.3. The van der Waals surface area contributed by atoms with Crippen LogP contribution in [0.1, 0.15) is 6.92 Å². The molecule has 0 aliphatic rings. The molecule has 96 valence electrons. The van der Waals surface area contributed by atoms with Crippen molar-refractivity contribution in [2.75, 3.05) is 33.9 Å². The first kappa shape index (κ1) is 13.8. The van der Waals surface area contributed by atoms with Gasteiger partial charge >= 0.3 is 0 Å². The van der Waals surface area contributed by atoms with E-state index in [9.17, 15) is 0 Å². The number of hydrogen-bond donors (Lipinski definition) is 1. The second kappa shape index (κ2) is 7.14. The van der Waals surface area contributed by atoms with Gasteiger partial charge in [-0.25, -0.2) is 0 Å². The summed E-state index contributed by atoms with van der Waals surface area (Å²) in [6.07, 6.45) is 0. The number of ether oxygens (including phenoxy) is 2. The molecule has 0 saturated heterocycles. The Bertz CT molecular complexity index is 314. The summed E-state index contributed by atoms with van der Waals surface area (Å²) in [4.78, 5) is 2.18. The largest absolute Gasteiger partial charge is 0.497 e. The Balaban J connectivity index is 2.30. The highest BCUT2D eigenvalue weighted by atomic mass is 16.5. The smallest absolute Gasteiger partial charge is 0.119 e. The normalized spacial score (nSPS) is 12.5. The molecule has 0 heterocycles. The zero-order chi connectivity index (χ0) is 12.7. The van der Waals surface area contributed by atoms with Crippen LogP contribution in [-0.2, 0) is 0 Å². The highest BCUT2D eigenvalue weighted by Crippen LogP contribution is 2.16. The zero-order valence-corrected chi connectivity index (χ0v) is 10.8. The molecule has 1 atom stereocenters. The fraction of sp³-hybridized carbons (Fsp3) is 0.538. The Kier molecular flexibility index (Phi) is 5.80. The van der Waals surface area contributed by atoms with Gasteiger partial charge in [-0.3, -0.25) is 4.90 Å². The Morgan fingerprint density at radius 2 is 1.82 bits per heavy atom. The number of likely N-dealkylation sites (N-methyl/N-ethyl adjacent to an activating group) is 1. The summed E-state index contributed by atoms with van der Waals surface area (Å²) in [5.74, 6) is 1.70. The van der Waals surface area contributed by atoms with Gasteiger partial charge in [0.05, 0.1) is 7.11 Å². The summed E-state index contributed by atoms with van der Waals surface area (Å²) in [6.45, 7) is 4.30. The minimum Gasteiger partial charge on any atom is -0.497 e. The SMILES string of the molecule is COc1ccc(OCCN(C)C(C)CN)cc1. The summed E-state index contributed by atoms with van der Waals surface area (Å²) in [6, 6.07) is 7.98. The molecule has 2 N–H and O–H groups in total. The van der Waals surface area contributed by atoms with Gasteiger partial charge in [0.1, 0.15) is 18.1 Å². The monoisotopic (exact) mass is 238 g/mol. The number of benzene rings is 1. The first-order chi connectivity index (χ1) is 8.17. The van der Waals surface area contributed by atoms with Crippen LogP contribution in [0.25, 0.3) is 0 Å². The van der Waals surface area contributed by atoms with Gasteiger partial charge in [0.2, 0.25) is 0 Å². The average molecular weight is 238 g/mol. The van der Waals surface area contributed by atoms with Crippen LogP contribution in [0.3, 0.4) is 0 Å². The van der Waals surface area contributed by atoms with Crippen molar-refractivity contribution in [3.63, 3.8) is 0 Å². The van der Waals surface area contributed by atoms with Crippen LogP contribution in [0.5, 0.6) is 11.5 Å². The van der Waals surface area contributed by atoms with Crippen LogP contribution in [0.4, 0.5) is 0 Å². The van der Waals surface area contributed by atoms with Crippen LogP contribution >= 0.6 is 0 Å². The molecular formula is C13H22N2O2. The fourth-order valence-electron chi connectivity index (χ4n) is 1.38. The zero-order valence-electron chi connectivity index (χ0n) is 10.8. The third-order valence-corrected chi connectivity index (χ3v) is 2.87. The van der Waals surface area contributed by atoms with Gasteiger partial charge < -0.3 is 15.2 Å². The van der Waals surface area contributed by atoms with E-state index in [1.54, 1.807) is 7.11 Å². The summed E-state index contributed by atoms with van der Waals surface area (Å²) < 4.78 is 10.7. The topological polar surface area (TPSA) is 47.7 Å². The maximum Gasteiger partial charge on any atom is 0.119 e. The highest BCUT2D eigenvalue weighted by Gasteiger charge is 2.06. The van der Waals surface area contributed by atoms with Crippen LogP contribution in [-0.4, -0.2) is 44.8 Å². The fourth-order valence-corrected chi connectivity index (χ4v) is 1.38. The van der Waals surface area contributed by atoms with Crippen molar-refractivity contribution in [3.05, 3.63) is 24.3 Å². The molecule has 4 nitrogen and oxygen atoms in total. The lowest BCUT2D eigenvalue weighted by Crippen LogP contribution is -2.37. The van der Waals surface area contributed by atoms with E-state index in [0.29, 0.717) is 19.2 Å². The molecule has 0 saturated carbocycles. The van der Waals surface area contributed by atoms with Gasteiger partial charge in [-0.05, 0) is 38.2 Å². The van der Waals surface area contributed by atoms with E-state index < -0.39 is 0 Å². The molecule has 0 fully saturated rings. The molecule has 1 aromatic rings. The molecule has 0 bridgehead atoms. The van der Waals surface area contributed by atoms with Gasteiger partial charge in [-0.15, -0.1) is 0 Å². The maximum atomic E-state index is 5.63. The van der Waals surface area contributed by atoms with Crippen molar-refractivity contribution in [1.29, 1.82) is 0 Å². The van der Waals surface area contributed by atoms with E-state index in [1.807, 2.05) is 24.3 Å². The molecule has 0 aliphatic carbocycles. The Hall–Kier alpha value is -1.26. The van der Waals surface area contributed by atoms with E-state index in [2.05, 4.69) is 18.9 Å². The first-order valence-corrected chi connectivity index (χ1v) is 5.84. The number of nitrogens with two attached hydrogens (primary N) is 1. The van der Waals surface area contributed by atoms with Crippen molar-refractivity contribution in [2.24, 2.45) is 5.73 Å². The summed E-state index contributed by atoms with van der Waals surface area (Å²) >= 11 is 0. The first-order valence-electron chi connectivity index (χ1n) is 5.84. The standard InChI is InChI=1S/C13H22N2O2/c1-11(10-14)15(2)8-9-17-13-6-4-12(16-3)5-7-13/h4-7,11H,8-10,14H2,1-3H3. The molecule has 0 spiro atoms. The molecule has 1 aromatic carbocycles. The van der Waals surface area contributed by atoms with Crippen molar-refractivity contribution in [2.45, 2.75) is 13.0 Å². The molecule has 1 rings (SSSR count). The van der Waals surface area contributed by atoms with Crippen molar-refractivity contribution < 1.29 is 9.47 Å². The van der Waals surface area contributed by atoms with E-state index in [4.69, 9.17) is 15.2 Å². The molecule has 0 aromatic heterocycles. The second-order valence-corrected chi connectivity index (χ2v) is 4.09. The van der Waals surface area contributed by atoms with Gasteiger partial charge in [-0.1, -0.05) is 0 Å². The number of rotatable bonds is 7. The Labute approximate surface area is 103 Å². The lowest BCUT2D eigenvalue weighted by molar-refractivity contribution is 0.203. The van der Waals surface area contributed by atoms with Gasteiger partial charge in [0, 0.05) is 19.1 Å². The molecule has 17 heavy (non-hydrogen) atoms. The van der Waals surface area contributed by atoms with E-state index >= 15 is 0 Å². The van der Waals surface area contributed by atoms with Crippen LogP contribution in [0.2, 0.25) is 0 Å². The predicted octanol–water partition coefficient (Wildman–Crippen LogP) is 1.35. The number of nitrogens with zero attached hydrogens (tertiary/aromatic N) is 1. The number of methoxy groups -OCH3 is 1. The quantitative estimate of drug-likeness (QED) is 0.779. The molecule has 1 unspecified atom stereocenters. The van der Waals surface area contributed by atoms with Crippen LogP contribution < -0.4 is 15.2 Å². The number of hydrogen-bond acceptors (Lipinski definition) is 4. The minimum atomic E-state index is 0.384. The maximum absolute atomic E-state index is 5.63. The minimum absolute atomic E-state index is 0.384. The van der Waals surface area contributed by atoms with Crippen molar-refractivity contribution in [1.82, 2.24) is 4.90 Å². The van der Waals surface area contributed by atoms with E-state index in [-0.39, 0.29) is 0 Å². The van der Waals surface area contributed by atoms with Crippen molar-refractivity contribution >= 4 is 0 Å². The van der Waals surface area contributed by atoms with E-state index in [1.165, 1.54) is 0 Å². The summed E-state index contributed by atoms with van der Waals surface area (Å²) in [5.41, 5.74) is 5.59. The summed E-state index contributed by atoms with van der Waals surface area (Å²) in [5, 5.41) is 0. The summed E-state index contributed by atoms with van der Waals surface area (Å²) in [7, 11) is 3.70. The second-order valence-electron chi connectivity index (χ2n) is 4.09. The third kappa shape index (κ3) is 4.63. The van der Waals surface area contributed by atoms with E-state index in [0.717, 1.165) is 18.0 Å². The molecule has 0 radical (unpaired) electrons. The van der Waals surface area contributed by atoms with Gasteiger partial charge in [-0.2, -0.15) is 0 Å². The molecule has 4 heteroatoms. The molecule has 0 amide bonds. The third-order valence-electron chi connectivity index (χ3n) is 2.87. The van der Waals surface area contributed by atoms with Crippen LogP contribution in [0, 0.1) is 0 Å². The van der Waals surface area contributed by atoms with Gasteiger partial charge in [0.15, 0.2) is 0 Å². The molecular weight excluding hydrogens is 216 g/mol. The van der Waals surface area contributed by atoms with Crippen molar-refractivity contribution in [3.8, 4) is 11.5 Å². The predicted molar refractivity (Wildman–Crippen MR) is 69.6 cm³/mol. The molecule has 0 aliphatic heterocycles.